The highest BCUT2D eigenvalue weighted by Gasteiger charge is 1.59. The summed E-state index contributed by atoms with van der Waals surface area (Å²) in [7, 11) is 0. The van der Waals surface area contributed by atoms with Gasteiger partial charge in [0.1, 0.15) is 0 Å². The summed E-state index contributed by atoms with van der Waals surface area (Å²) in [6.45, 7) is 4.00. The van der Waals surface area contributed by atoms with E-state index in [1.165, 1.54) is 0 Å². The molecule has 0 rings (SSSR count). The zero-order valence-corrected chi connectivity index (χ0v) is 5.89. The van der Waals surface area contributed by atoms with Crippen LogP contribution in [0.3, 0.4) is 0 Å². The predicted molar refractivity (Wildman–Crippen MR) is 35.9 cm³/mol. The highest BCUT2D eigenvalue weighted by atomic mass is 35.5. The Morgan fingerprint density at radius 2 is 1.67 bits per heavy atom. The highest BCUT2D eigenvalue weighted by Crippen LogP contribution is 1.74. The summed E-state index contributed by atoms with van der Waals surface area (Å²) in [6.07, 6.45) is 0. The molecule has 0 heterocycles. The van der Waals surface area contributed by atoms with Crippen molar-refractivity contribution in [2.24, 2.45) is 0 Å². The smallest absolute Gasteiger partial charge is 0.0311 e. The Kier molecular flexibility index (Phi) is 28.5. The molecule has 0 aromatic heterocycles. The normalized spacial score (nSPS) is 6.00. The number of alkyl halides is 1. The first kappa shape index (κ1) is 9.81. The maximum absolute atomic E-state index is 5.11. The molecule has 0 aromatic rings. The van der Waals surface area contributed by atoms with Crippen LogP contribution >= 0.6 is 24.2 Å². The summed E-state index contributed by atoms with van der Waals surface area (Å²) in [5.74, 6) is 1.44. The van der Waals surface area contributed by atoms with Gasteiger partial charge in [0.15, 0.2) is 0 Å². The van der Waals surface area contributed by atoms with E-state index in [9.17, 15) is 0 Å². The van der Waals surface area contributed by atoms with Gasteiger partial charge in [-0.1, -0.05) is 13.8 Å². The van der Waals surface area contributed by atoms with Gasteiger partial charge in [0.25, 0.3) is 0 Å². The summed E-state index contributed by atoms with van der Waals surface area (Å²) in [5, 5.41) is 0. The summed E-state index contributed by atoms with van der Waals surface area (Å²) in [4.78, 5) is 0. The molecule has 0 unspecified atom stereocenters. The quantitative estimate of drug-likeness (QED) is 0.404. The summed E-state index contributed by atoms with van der Waals surface area (Å²) >= 11 is 8.90. The Balaban J connectivity index is 0. The number of rotatable bonds is 1. The van der Waals surface area contributed by atoms with Crippen LogP contribution in [0, 0.1) is 0 Å². The molecular weight excluding hydrogens is 116 g/mol. The van der Waals surface area contributed by atoms with Crippen LogP contribution in [-0.4, -0.2) is 11.6 Å². The SMILES string of the molecule is CC.SCCCl. The molecule has 2 heteroatoms. The standard InChI is InChI=1S/C2H5ClS.C2H6/c3-1-2-4;1-2/h4H,1-2H2;1-2H3. The lowest BCUT2D eigenvalue weighted by Crippen LogP contribution is -1.64. The van der Waals surface area contributed by atoms with Crippen molar-refractivity contribution in [1.29, 1.82) is 0 Å². The largest absolute Gasteiger partial charge is 0.178 e. The lowest BCUT2D eigenvalue weighted by atomic mass is 11.0. The highest BCUT2D eigenvalue weighted by molar-refractivity contribution is 7.80. The third-order valence-electron chi connectivity index (χ3n) is 0.0845. The molecule has 0 amide bonds. The molecule has 0 nitrogen and oxygen atoms in total. The molecule has 0 aliphatic rings. The fourth-order valence-electron chi connectivity index (χ4n) is 0. The van der Waals surface area contributed by atoms with Gasteiger partial charge in [-0.15, -0.1) is 11.6 Å². The van der Waals surface area contributed by atoms with Crippen molar-refractivity contribution >= 4 is 24.2 Å². The number of thiol groups is 1. The first-order valence-corrected chi connectivity index (χ1v) is 3.25. The van der Waals surface area contributed by atoms with Crippen LogP contribution in [0.2, 0.25) is 0 Å². The third-order valence-corrected chi connectivity index (χ3v) is 0.761. The number of halogens is 1. The fraction of sp³-hybridized carbons (Fsp3) is 1.00. The zero-order chi connectivity index (χ0) is 5.41. The number of hydrogen-bond donors (Lipinski definition) is 1. The monoisotopic (exact) mass is 126 g/mol. The van der Waals surface area contributed by atoms with E-state index >= 15 is 0 Å². The van der Waals surface area contributed by atoms with Gasteiger partial charge in [0, 0.05) is 11.6 Å². The van der Waals surface area contributed by atoms with Gasteiger partial charge in [0.05, 0.1) is 0 Å². The van der Waals surface area contributed by atoms with Gasteiger partial charge in [-0.05, 0) is 0 Å². The van der Waals surface area contributed by atoms with Crippen molar-refractivity contribution in [1.82, 2.24) is 0 Å². The predicted octanol–water partition coefficient (Wildman–Crippen LogP) is 2.18. The molecule has 0 aliphatic heterocycles. The maximum Gasteiger partial charge on any atom is 0.0311 e. The lowest BCUT2D eigenvalue weighted by molar-refractivity contribution is 1.50. The molecule has 6 heavy (non-hydrogen) atoms. The van der Waals surface area contributed by atoms with Crippen LogP contribution in [-0.2, 0) is 0 Å². The lowest BCUT2D eigenvalue weighted by Gasteiger charge is -1.65. The Hall–Kier alpha value is 0.640. The van der Waals surface area contributed by atoms with Crippen molar-refractivity contribution < 1.29 is 0 Å². The summed E-state index contributed by atoms with van der Waals surface area (Å²) < 4.78 is 0. The minimum Gasteiger partial charge on any atom is -0.178 e. The van der Waals surface area contributed by atoms with Crippen LogP contribution < -0.4 is 0 Å². The Morgan fingerprint density at radius 1 is 1.50 bits per heavy atom. The van der Waals surface area contributed by atoms with Crippen LogP contribution in [0.4, 0.5) is 0 Å². The molecule has 0 saturated heterocycles. The third kappa shape index (κ3) is 22.9. The molecular formula is C4H11ClS. The van der Waals surface area contributed by atoms with Gasteiger partial charge in [-0.25, -0.2) is 0 Å². The molecule has 0 bridgehead atoms. The first-order chi connectivity index (χ1) is 2.91. The van der Waals surface area contributed by atoms with E-state index in [2.05, 4.69) is 12.6 Å². The average molecular weight is 127 g/mol. The van der Waals surface area contributed by atoms with Crippen LogP contribution in [0.1, 0.15) is 13.8 Å². The fourth-order valence-corrected chi connectivity index (χ4v) is 0. The molecule has 0 aliphatic carbocycles. The van der Waals surface area contributed by atoms with E-state index in [0.29, 0.717) is 5.88 Å². The van der Waals surface area contributed by atoms with Crippen molar-refractivity contribution in [3.8, 4) is 0 Å². The van der Waals surface area contributed by atoms with E-state index in [0.717, 1.165) is 5.75 Å². The summed E-state index contributed by atoms with van der Waals surface area (Å²) in [5.41, 5.74) is 0. The van der Waals surface area contributed by atoms with Crippen LogP contribution in [0.15, 0.2) is 0 Å². The van der Waals surface area contributed by atoms with Gasteiger partial charge >= 0.3 is 0 Å². The van der Waals surface area contributed by atoms with Crippen LogP contribution in [0.5, 0.6) is 0 Å². The second-order valence-electron chi connectivity index (χ2n) is 0.413. The molecule has 0 saturated carbocycles. The molecule has 0 N–H and O–H groups in total. The second kappa shape index (κ2) is 17.4. The molecule has 0 fully saturated rings. The van der Waals surface area contributed by atoms with E-state index in [-0.39, 0.29) is 0 Å². The number of hydrogen-bond acceptors (Lipinski definition) is 1. The van der Waals surface area contributed by atoms with Gasteiger partial charge < -0.3 is 0 Å². The Morgan fingerprint density at radius 3 is 1.67 bits per heavy atom. The molecule has 0 aromatic carbocycles. The summed E-state index contributed by atoms with van der Waals surface area (Å²) in [6, 6.07) is 0. The van der Waals surface area contributed by atoms with E-state index in [1.807, 2.05) is 13.8 Å². The molecule has 0 radical (unpaired) electrons. The molecule has 40 valence electrons. The van der Waals surface area contributed by atoms with Gasteiger partial charge in [-0.2, -0.15) is 12.6 Å². The van der Waals surface area contributed by atoms with Gasteiger partial charge in [0.2, 0.25) is 0 Å². The Bertz CT molecular complexity index is 9.51. The maximum atomic E-state index is 5.11. The Labute approximate surface area is 50.3 Å². The van der Waals surface area contributed by atoms with Crippen molar-refractivity contribution in [3.63, 3.8) is 0 Å². The second-order valence-corrected chi connectivity index (χ2v) is 1.24. The van der Waals surface area contributed by atoms with Crippen molar-refractivity contribution in [2.45, 2.75) is 13.8 Å². The zero-order valence-electron chi connectivity index (χ0n) is 4.24. The van der Waals surface area contributed by atoms with E-state index < -0.39 is 0 Å². The minimum absolute atomic E-state index is 0.656. The first-order valence-electron chi connectivity index (χ1n) is 2.08. The topological polar surface area (TPSA) is 0 Å². The van der Waals surface area contributed by atoms with E-state index in [4.69, 9.17) is 11.6 Å². The van der Waals surface area contributed by atoms with E-state index in [1.54, 1.807) is 0 Å². The van der Waals surface area contributed by atoms with Crippen molar-refractivity contribution in [2.75, 3.05) is 11.6 Å². The van der Waals surface area contributed by atoms with Crippen molar-refractivity contribution in [3.05, 3.63) is 0 Å². The van der Waals surface area contributed by atoms with Gasteiger partial charge in [-0.3, -0.25) is 0 Å². The minimum atomic E-state index is 0.656. The van der Waals surface area contributed by atoms with Crippen LogP contribution in [0.25, 0.3) is 0 Å². The average Bonchev–Trinajstić information content (AvgIpc) is 1.72. The molecule has 0 spiro atoms. The molecule has 0 atom stereocenters.